The van der Waals surface area contributed by atoms with E-state index >= 15 is 0 Å². The summed E-state index contributed by atoms with van der Waals surface area (Å²) in [5.41, 5.74) is 0.988. The summed E-state index contributed by atoms with van der Waals surface area (Å²) in [4.78, 5) is 13.8. The van der Waals surface area contributed by atoms with Gasteiger partial charge in [0.1, 0.15) is 0 Å². The van der Waals surface area contributed by atoms with Crippen molar-refractivity contribution in [3.05, 3.63) is 33.8 Å². The van der Waals surface area contributed by atoms with Crippen LogP contribution in [0.15, 0.2) is 18.2 Å². The number of ether oxygens (including phenoxy) is 1. The van der Waals surface area contributed by atoms with Crippen LogP contribution >= 0.6 is 23.2 Å². The minimum absolute atomic E-state index is 0.00104. The van der Waals surface area contributed by atoms with E-state index in [1.54, 1.807) is 6.07 Å². The summed E-state index contributed by atoms with van der Waals surface area (Å²) < 4.78 is 5.47. The minimum Gasteiger partial charge on any atom is -0.376 e. The van der Waals surface area contributed by atoms with Crippen molar-refractivity contribution in [1.29, 1.82) is 0 Å². The van der Waals surface area contributed by atoms with Gasteiger partial charge in [0.25, 0.3) is 0 Å². The van der Waals surface area contributed by atoms with E-state index in [-0.39, 0.29) is 12.0 Å². The van der Waals surface area contributed by atoms with Crippen LogP contribution in [0.5, 0.6) is 0 Å². The van der Waals surface area contributed by atoms with Gasteiger partial charge in [-0.05, 0) is 43.7 Å². The monoisotopic (exact) mass is 330 g/mol. The smallest absolute Gasteiger partial charge is 0.234 e. The van der Waals surface area contributed by atoms with E-state index in [4.69, 9.17) is 27.9 Å². The summed E-state index contributed by atoms with van der Waals surface area (Å²) in [5.74, 6) is 0.00104. The van der Waals surface area contributed by atoms with Crippen molar-refractivity contribution in [2.24, 2.45) is 0 Å². The summed E-state index contributed by atoms with van der Waals surface area (Å²) in [7, 11) is 1.89. The Morgan fingerprint density at radius 2 is 2.10 bits per heavy atom. The standard InChI is InChI=1S/C15H20Cl2N2O2/c1-19(9-11-5-12(16)7-13(17)6-11)10-15(20)18-8-14-3-2-4-21-14/h5-7,14H,2-4,8-10H2,1H3,(H,18,20). The van der Waals surface area contributed by atoms with E-state index in [1.807, 2.05) is 24.1 Å². The zero-order chi connectivity index (χ0) is 15.2. The third kappa shape index (κ3) is 5.83. The lowest BCUT2D eigenvalue weighted by Crippen LogP contribution is -2.38. The topological polar surface area (TPSA) is 41.6 Å². The van der Waals surface area contributed by atoms with Gasteiger partial charge < -0.3 is 10.1 Å². The molecule has 0 spiro atoms. The Kier molecular flexibility index (Phi) is 6.30. The molecule has 1 heterocycles. The lowest BCUT2D eigenvalue weighted by atomic mass is 10.2. The van der Waals surface area contributed by atoms with Crippen molar-refractivity contribution in [3.63, 3.8) is 0 Å². The van der Waals surface area contributed by atoms with Gasteiger partial charge in [0.15, 0.2) is 0 Å². The summed E-state index contributed by atoms with van der Waals surface area (Å²) in [6, 6.07) is 5.41. The number of rotatable bonds is 6. The molecule has 1 saturated heterocycles. The Morgan fingerprint density at radius 1 is 1.38 bits per heavy atom. The molecule has 0 bridgehead atoms. The fraction of sp³-hybridized carbons (Fsp3) is 0.533. The molecule has 1 N–H and O–H groups in total. The molecule has 6 heteroatoms. The molecular formula is C15H20Cl2N2O2. The highest BCUT2D eigenvalue weighted by atomic mass is 35.5. The van der Waals surface area contributed by atoms with Crippen molar-refractivity contribution >= 4 is 29.1 Å². The molecule has 1 aromatic carbocycles. The normalized spacial score (nSPS) is 18.2. The molecule has 0 aliphatic carbocycles. The van der Waals surface area contributed by atoms with Crippen molar-refractivity contribution in [1.82, 2.24) is 10.2 Å². The zero-order valence-corrected chi connectivity index (χ0v) is 13.6. The highest BCUT2D eigenvalue weighted by molar-refractivity contribution is 6.34. The van der Waals surface area contributed by atoms with Crippen molar-refractivity contribution < 1.29 is 9.53 Å². The second kappa shape index (κ2) is 7.99. The number of halogens is 2. The maximum Gasteiger partial charge on any atom is 0.234 e. The largest absolute Gasteiger partial charge is 0.376 e. The number of nitrogens with zero attached hydrogens (tertiary/aromatic N) is 1. The molecule has 0 saturated carbocycles. The van der Waals surface area contributed by atoms with Gasteiger partial charge in [-0.15, -0.1) is 0 Å². The molecule has 116 valence electrons. The average molecular weight is 331 g/mol. The molecule has 21 heavy (non-hydrogen) atoms. The molecule has 1 aliphatic rings. The van der Waals surface area contributed by atoms with Crippen LogP contribution in [0.25, 0.3) is 0 Å². The maximum atomic E-state index is 11.9. The van der Waals surface area contributed by atoms with Crippen LogP contribution in [0.2, 0.25) is 10.0 Å². The average Bonchev–Trinajstić information content (AvgIpc) is 2.87. The molecule has 1 unspecified atom stereocenters. The number of nitrogens with one attached hydrogen (secondary N) is 1. The van der Waals surface area contributed by atoms with E-state index in [9.17, 15) is 4.79 Å². The van der Waals surface area contributed by atoms with Gasteiger partial charge in [0.05, 0.1) is 12.6 Å². The first-order valence-corrected chi connectivity index (χ1v) is 7.80. The van der Waals surface area contributed by atoms with E-state index in [0.29, 0.717) is 29.7 Å². The lowest BCUT2D eigenvalue weighted by molar-refractivity contribution is -0.122. The Labute approximate surface area is 135 Å². The third-order valence-electron chi connectivity index (χ3n) is 3.34. The number of benzene rings is 1. The number of hydrogen-bond acceptors (Lipinski definition) is 3. The van der Waals surface area contributed by atoms with Gasteiger partial charge in [0.2, 0.25) is 5.91 Å². The zero-order valence-electron chi connectivity index (χ0n) is 12.1. The molecule has 4 nitrogen and oxygen atoms in total. The first-order valence-electron chi connectivity index (χ1n) is 7.05. The molecule has 1 fully saturated rings. The highest BCUT2D eigenvalue weighted by Gasteiger charge is 2.16. The minimum atomic E-state index is 0.00104. The number of amides is 1. The van der Waals surface area contributed by atoms with Gasteiger partial charge in [-0.1, -0.05) is 23.2 Å². The summed E-state index contributed by atoms with van der Waals surface area (Å²) in [6.45, 7) is 2.34. The van der Waals surface area contributed by atoms with Crippen LogP contribution in [-0.2, 0) is 16.1 Å². The molecule has 1 amide bonds. The fourth-order valence-corrected chi connectivity index (χ4v) is 2.98. The van der Waals surface area contributed by atoms with Gasteiger partial charge in [-0.25, -0.2) is 0 Å². The first kappa shape index (κ1) is 16.6. The number of carbonyl (C=O) groups excluding carboxylic acids is 1. The van der Waals surface area contributed by atoms with Crippen molar-refractivity contribution in [3.8, 4) is 0 Å². The van der Waals surface area contributed by atoms with E-state index in [0.717, 1.165) is 25.0 Å². The molecule has 0 radical (unpaired) electrons. The van der Waals surface area contributed by atoms with Crippen LogP contribution in [0.3, 0.4) is 0 Å². The Hall–Kier alpha value is -0.810. The lowest BCUT2D eigenvalue weighted by Gasteiger charge is -2.17. The Morgan fingerprint density at radius 3 is 2.71 bits per heavy atom. The Bertz CT molecular complexity index is 470. The molecule has 0 aromatic heterocycles. The number of hydrogen-bond donors (Lipinski definition) is 1. The summed E-state index contributed by atoms with van der Waals surface area (Å²) in [5, 5.41) is 4.12. The highest BCUT2D eigenvalue weighted by Crippen LogP contribution is 2.19. The molecule has 1 aromatic rings. The molecule has 1 aliphatic heterocycles. The first-order chi connectivity index (χ1) is 10.0. The Balaban J connectivity index is 1.75. The van der Waals surface area contributed by atoms with Crippen LogP contribution < -0.4 is 5.32 Å². The predicted octanol–water partition coefficient (Wildman–Crippen LogP) is 2.72. The van der Waals surface area contributed by atoms with Gasteiger partial charge in [-0.3, -0.25) is 9.69 Å². The van der Waals surface area contributed by atoms with Gasteiger partial charge in [0, 0.05) is 29.7 Å². The van der Waals surface area contributed by atoms with Crippen LogP contribution in [-0.4, -0.2) is 43.7 Å². The third-order valence-corrected chi connectivity index (χ3v) is 3.78. The van der Waals surface area contributed by atoms with Crippen LogP contribution in [0.1, 0.15) is 18.4 Å². The van der Waals surface area contributed by atoms with Gasteiger partial charge in [-0.2, -0.15) is 0 Å². The van der Waals surface area contributed by atoms with E-state index in [2.05, 4.69) is 5.32 Å². The molecular weight excluding hydrogens is 311 g/mol. The molecule has 1 atom stereocenters. The second-order valence-corrected chi connectivity index (χ2v) is 6.26. The van der Waals surface area contributed by atoms with Crippen molar-refractivity contribution in [2.75, 3.05) is 26.7 Å². The quantitative estimate of drug-likeness (QED) is 0.871. The number of carbonyl (C=O) groups is 1. The second-order valence-electron chi connectivity index (χ2n) is 5.39. The summed E-state index contributed by atoms with van der Waals surface area (Å²) in [6.07, 6.45) is 2.28. The van der Waals surface area contributed by atoms with Gasteiger partial charge >= 0.3 is 0 Å². The predicted molar refractivity (Wildman–Crippen MR) is 84.8 cm³/mol. The summed E-state index contributed by atoms with van der Waals surface area (Å²) >= 11 is 11.9. The van der Waals surface area contributed by atoms with Crippen molar-refractivity contribution in [2.45, 2.75) is 25.5 Å². The SMILES string of the molecule is CN(CC(=O)NCC1CCCO1)Cc1cc(Cl)cc(Cl)c1. The maximum absolute atomic E-state index is 11.9. The van der Waals surface area contributed by atoms with Crippen LogP contribution in [0, 0.1) is 0 Å². The van der Waals surface area contributed by atoms with E-state index < -0.39 is 0 Å². The van der Waals surface area contributed by atoms with Crippen LogP contribution in [0.4, 0.5) is 0 Å². The molecule has 2 rings (SSSR count). The van der Waals surface area contributed by atoms with E-state index in [1.165, 1.54) is 0 Å². The number of likely N-dealkylation sites (N-methyl/N-ethyl adjacent to an activating group) is 1. The fourth-order valence-electron chi connectivity index (χ4n) is 2.40.